The van der Waals surface area contributed by atoms with E-state index in [1.54, 1.807) is 6.33 Å². The largest absolute Gasteiger partial charge is 0.375 e. The summed E-state index contributed by atoms with van der Waals surface area (Å²) in [6, 6.07) is 9.88. The number of fused-ring (bicyclic) bond motifs is 1. The molecule has 0 saturated heterocycles. The van der Waals surface area contributed by atoms with Crippen molar-refractivity contribution in [1.29, 1.82) is 0 Å². The molecule has 0 spiro atoms. The van der Waals surface area contributed by atoms with Crippen molar-refractivity contribution < 1.29 is 18.3 Å². The minimum atomic E-state index is -0.546. The molecule has 2 atom stereocenters. The molecule has 3 N–H and O–H groups in total. The number of hydrogen-bond acceptors (Lipinski definition) is 5. The first-order chi connectivity index (χ1) is 19.1. The molecule has 1 aromatic heterocycles. The van der Waals surface area contributed by atoms with Gasteiger partial charge in [-0.15, -0.1) is 0 Å². The maximum atomic E-state index is 14.4. The number of aromatic nitrogens is 2. The molecule has 40 heavy (non-hydrogen) atoms. The van der Waals surface area contributed by atoms with Crippen LogP contribution >= 0.6 is 0 Å². The maximum Gasteiger partial charge on any atom is 0.242 e. The quantitative estimate of drug-likeness (QED) is 0.265. The molecule has 0 unspecified atom stereocenters. The number of aryl methyl sites for hydroxylation is 1. The minimum Gasteiger partial charge on any atom is -0.375 e. The SMILES string of the molecule is CCC[C@H](N[C@H]1CCc2cc(F)cc(F)c2C1)C(=O)Nc1cn(-c2ccccc2CNCCOC(C)(C)C)cn1. The summed E-state index contributed by atoms with van der Waals surface area (Å²) in [6.45, 7) is 10.2. The van der Waals surface area contributed by atoms with Crippen LogP contribution in [-0.2, 0) is 28.9 Å². The standard InChI is InChI=1S/C31H41F2N5O2/c1-5-8-27(36-24-12-11-21-15-23(32)16-26(33)25(21)17-24)30(39)37-29-19-38(20-35-29)28-10-7-6-9-22(28)18-34-13-14-40-31(2,3)4/h6-7,9-10,15-16,19-20,24,27,34,36H,5,8,11-14,17-18H2,1-4H3,(H,37,39)/t24-,27-/m0/s1. The molecular formula is C31H41F2N5O2. The van der Waals surface area contributed by atoms with Crippen molar-refractivity contribution in [2.75, 3.05) is 18.5 Å². The van der Waals surface area contributed by atoms with Crippen molar-refractivity contribution in [2.45, 2.75) is 84.0 Å². The van der Waals surface area contributed by atoms with Crippen LogP contribution in [-0.4, -0.2) is 46.3 Å². The van der Waals surface area contributed by atoms with Gasteiger partial charge in [-0.1, -0.05) is 31.5 Å². The number of halogens is 2. The van der Waals surface area contributed by atoms with Crippen molar-refractivity contribution in [3.8, 4) is 5.69 Å². The van der Waals surface area contributed by atoms with Crippen molar-refractivity contribution >= 4 is 11.7 Å². The van der Waals surface area contributed by atoms with E-state index in [-0.39, 0.29) is 17.6 Å². The summed E-state index contributed by atoms with van der Waals surface area (Å²) in [5.74, 6) is -0.775. The third-order valence-corrected chi connectivity index (χ3v) is 7.03. The van der Waals surface area contributed by atoms with Crippen LogP contribution in [0.4, 0.5) is 14.6 Å². The predicted molar refractivity (Wildman–Crippen MR) is 154 cm³/mol. The number of carbonyl (C=O) groups is 1. The minimum absolute atomic E-state index is 0.0690. The van der Waals surface area contributed by atoms with Crippen molar-refractivity contribution in [3.05, 3.63) is 77.2 Å². The fourth-order valence-electron chi connectivity index (χ4n) is 5.09. The molecule has 0 fully saturated rings. The lowest BCUT2D eigenvalue weighted by Gasteiger charge is -2.29. The summed E-state index contributed by atoms with van der Waals surface area (Å²) in [4.78, 5) is 17.7. The Kier molecular flexibility index (Phi) is 10.1. The van der Waals surface area contributed by atoms with Crippen molar-refractivity contribution in [2.24, 2.45) is 0 Å². The van der Waals surface area contributed by atoms with E-state index in [2.05, 4.69) is 27.0 Å². The molecule has 4 rings (SSSR count). The normalized spacial score (nSPS) is 16.0. The van der Waals surface area contributed by atoms with Crippen LogP contribution in [0, 0.1) is 11.6 Å². The molecule has 0 radical (unpaired) electrons. The second-order valence-corrected chi connectivity index (χ2v) is 11.4. The van der Waals surface area contributed by atoms with E-state index < -0.39 is 17.7 Å². The van der Waals surface area contributed by atoms with Gasteiger partial charge in [0, 0.05) is 25.2 Å². The fourth-order valence-corrected chi connectivity index (χ4v) is 5.09. The highest BCUT2D eigenvalue weighted by molar-refractivity contribution is 5.94. The summed E-state index contributed by atoms with van der Waals surface area (Å²) < 4.78 is 35.7. The number of imidazole rings is 1. The van der Waals surface area contributed by atoms with Crippen LogP contribution in [0.2, 0.25) is 0 Å². The Morgan fingerprint density at radius 3 is 2.80 bits per heavy atom. The number of anilines is 1. The van der Waals surface area contributed by atoms with Gasteiger partial charge in [0.1, 0.15) is 18.0 Å². The number of carbonyl (C=O) groups excluding carboxylic acids is 1. The molecule has 1 aliphatic rings. The van der Waals surface area contributed by atoms with Gasteiger partial charge in [0.15, 0.2) is 5.82 Å². The Morgan fingerprint density at radius 2 is 2.02 bits per heavy atom. The number of ether oxygens (including phenoxy) is 1. The summed E-state index contributed by atoms with van der Waals surface area (Å²) in [6.07, 6.45) is 6.66. The Bertz CT molecular complexity index is 1290. The Balaban J connectivity index is 1.36. The molecule has 9 heteroatoms. The molecule has 1 heterocycles. The van der Waals surface area contributed by atoms with E-state index in [9.17, 15) is 13.6 Å². The van der Waals surface area contributed by atoms with Crippen LogP contribution in [0.3, 0.4) is 0 Å². The molecule has 2 aromatic carbocycles. The smallest absolute Gasteiger partial charge is 0.242 e. The summed E-state index contributed by atoms with van der Waals surface area (Å²) >= 11 is 0. The number of nitrogens with one attached hydrogen (secondary N) is 3. The van der Waals surface area contributed by atoms with Gasteiger partial charge in [-0.25, -0.2) is 13.8 Å². The van der Waals surface area contributed by atoms with Gasteiger partial charge in [-0.3, -0.25) is 4.79 Å². The molecule has 216 valence electrons. The number of rotatable bonds is 12. The van der Waals surface area contributed by atoms with Crippen LogP contribution in [0.1, 0.15) is 63.6 Å². The van der Waals surface area contributed by atoms with E-state index in [1.807, 2.05) is 56.7 Å². The number of para-hydroxylation sites is 1. The lowest BCUT2D eigenvalue weighted by atomic mass is 9.87. The zero-order valence-corrected chi connectivity index (χ0v) is 23.9. The molecule has 1 amide bonds. The zero-order chi connectivity index (χ0) is 28.7. The first-order valence-electron chi connectivity index (χ1n) is 14.1. The molecule has 0 aliphatic heterocycles. The third kappa shape index (κ3) is 8.19. The Hall–Kier alpha value is -3.14. The molecule has 3 aromatic rings. The lowest BCUT2D eigenvalue weighted by molar-refractivity contribution is -0.118. The summed E-state index contributed by atoms with van der Waals surface area (Å²) in [7, 11) is 0. The monoisotopic (exact) mass is 553 g/mol. The first kappa shape index (κ1) is 29.8. The van der Waals surface area contributed by atoms with Crippen molar-refractivity contribution in [1.82, 2.24) is 20.2 Å². The average molecular weight is 554 g/mol. The maximum absolute atomic E-state index is 14.4. The van der Waals surface area contributed by atoms with E-state index in [1.165, 1.54) is 6.07 Å². The van der Waals surface area contributed by atoms with E-state index in [4.69, 9.17) is 4.74 Å². The highest BCUT2D eigenvalue weighted by Crippen LogP contribution is 2.26. The van der Waals surface area contributed by atoms with Crippen LogP contribution in [0.25, 0.3) is 5.69 Å². The van der Waals surface area contributed by atoms with Gasteiger partial charge < -0.3 is 25.3 Å². The molecule has 0 saturated carbocycles. The molecule has 1 aliphatic carbocycles. The van der Waals surface area contributed by atoms with Gasteiger partial charge in [-0.05, 0) is 75.3 Å². The predicted octanol–water partition coefficient (Wildman–Crippen LogP) is 5.31. The number of benzene rings is 2. The third-order valence-electron chi connectivity index (χ3n) is 7.03. The van der Waals surface area contributed by atoms with E-state index in [0.717, 1.165) is 30.3 Å². The van der Waals surface area contributed by atoms with Crippen LogP contribution in [0.15, 0.2) is 48.9 Å². The first-order valence-corrected chi connectivity index (χ1v) is 14.1. The van der Waals surface area contributed by atoms with Gasteiger partial charge in [0.25, 0.3) is 0 Å². The van der Waals surface area contributed by atoms with Gasteiger partial charge in [0.2, 0.25) is 5.91 Å². The van der Waals surface area contributed by atoms with Gasteiger partial charge >= 0.3 is 0 Å². The number of hydrogen-bond donors (Lipinski definition) is 3. The second-order valence-electron chi connectivity index (χ2n) is 11.4. The number of nitrogens with zero attached hydrogens (tertiary/aromatic N) is 2. The molecule has 0 bridgehead atoms. The molecule has 7 nitrogen and oxygen atoms in total. The topological polar surface area (TPSA) is 80.2 Å². The van der Waals surface area contributed by atoms with Gasteiger partial charge in [0.05, 0.1) is 30.1 Å². The lowest BCUT2D eigenvalue weighted by Crippen LogP contribution is -2.48. The number of amides is 1. The van der Waals surface area contributed by atoms with Crippen LogP contribution < -0.4 is 16.0 Å². The highest BCUT2D eigenvalue weighted by atomic mass is 19.1. The van der Waals surface area contributed by atoms with Gasteiger partial charge in [-0.2, -0.15) is 0 Å². The highest BCUT2D eigenvalue weighted by Gasteiger charge is 2.27. The van der Waals surface area contributed by atoms with Crippen molar-refractivity contribution in [3.63, 3.8) is 0 Å². The zero-order valence-electron chi connectivity index (χ0n) is 23.9. The second kappa shape index (κ2) is 13.5. The van der Waals surface area contributed by atoms with Crippen LogP contribution in [0.5, 0.6) is 0 Å². The summed E-state index contributed by atoms with van der Waals surface area (Å²) in [5, 5.41) is 9.80. The summed E-state index contributed by atoms with van der Waals surface area (Å²) in [5.41, 5.74) is 3.16. The Morgan fingerprint density at radius 1 is 1.23 bits per heavy atom. The van der Waals surface area contributed by atoms with E-state index in [0.29, 0.717) is 55.8 Å². The molecular weight excluding hydrogens is 512 g/mol. The average Bonchev–Trinajstić information content (AvgIpc) is 3.36. The van der Waals surface area contributed by atoms with E-state index >= 15 is 0 Å². The fraction of sp³-hybridized carbons (Fsp3) is 0.484. The Labute approximate surface area is 235 Å².